The Morgan fingerprint density at radius 2 is 2.07 bits per heavy atom. The molecule has 0 aliphatic rings. The lowest BCUT2D eigenvalue weighted by Gasteiger charge is -2.15. The van der Waals surface area contributed by atoms with Crippen molar-refractivity contribution in [2.75, 3.05) is 6.44 Å². The number of amides is 1. The summed E-state index contributed by atoms with van der Waals surface area (Å²) < 4.78 is 0. The van der Waals surface area contributed by atoms with Crippen molar-refractivity contribution >= 4 is 23.1 Å². The maximum atomic E-state index is 11.5. The summed E-state index contributed by atoms with van der Waals surface area (Å²) in [6, 6.07) is 9.58. The Bertz CT molecular complexity index is 308. The first-order valence-electron chi connectivity index (χ1n) is 4.75. The van der Waals surface area contributed by atoms with Crippen molar-refractivity contribution in [3.05, 3.63) is 35.9 Å². The molecule has 15 heavy (non-hydrogen) atoms. The van der Waals surface area contributed by atoms with Crippen LogP contribution in [0.3, 0.4) is 0 Å². The van der Waals surface area contributed by atoms with Crippen LogP contribution in [0.2, 0.25) is 0 Å². The van der Waals surface area contributed by atoms with Gasteiger partial charge in [-0.15, -0.1) is 0 Å². The predicted molar refractivity (Wildman–Crippen MR) is 65.5 cm³/mol. The number of carbonyl (C=O) groups is 1. The van der Waals surface area contributed by atoms with Crippen LogP contribution in [-0.4, -0.2) is 26.2 Å². The van der Waals surface area contributed by atoms with Crippen molar-refractivity contribution in [1.82, 2.24) is 10.4 Å². The average Bonchev–Trinajstić information content (AvgIpc) is 2.27. The average molecular weight is 220 g/mol. The molecule has 0 spiro atoms. The van der Waals surface area contributed by atoms with Gasteiger partial charge < -0.3 is 5.32 Å². The smallest absolute Gasteiger partial charge is 0.237 e. The number of hydrogen-bond donors (Lipinski definition) is 2. The van der Waals surface area contributed by atoms with E-state index >= 15 is 0 Å². The molecule has 1 amide bonds. The minimum absolute atomic E-state index is 0.0867. The zero-order valence-corrected chi connectivity index (χ0v) is 9.60. The first-order valence-corrected chi connectivity index (χ1v) is 5.33. The molecule has 1 rings (SSSR count). The van der Waals surface area contributed by atoms with E-state index in [9.17, 15) is 4.79 Å². The lowest BCUT2D eigenvalue weighted by molar-refractivity contribution is -0.122. The summed E-state index contributed by atoms with van der Waals surface area (Å²) >= 11 is 0. The highest BCUT2D eigenvalue weighted by molar-refractivity contribution is 7.13. The molecule has 0 aliphatic carbocycles. The molecule has 0 bridgehead atoms. The van der Waals surface area contributed by atoms with E-state index in [0.717, 1.165) is 5.56 Å². The van der Waals surface area contributed by atoms with Crippen LogP contribution in [0.1, 0.15) is 5.56 Å². The topological polar surface area (TPSA) is 41.1 Å². The Kier molecular flexibility index (Phi) is 5.37. The molecule has 5 heteroatoms. The summed E-state index contributed by atoms with van der Waals surface area (Å²) in [5.41, 5.74) is 1.12. The number of carbonyl (C=O) groups excluding carboxylic acids is 1. The van der Waals surface area contributed by atoms with Gasteiger partial charge in [0.2, 0.25) is 5.91 Å². The van der Waals surface area contributed by atoms with Gasteiger partial charge in [-0.25, -0.2) is 0 Å². The molecule has 3 nitrogen and oxygen atoms in total. The van der Waals surface area contributed by atoms with Gasteiger partial charge in [0.1, 0.15) is 0 Å². The molecular formula is C10H14BN2OP. The lowest BCUT2D eigenvalue weighted by atomic mass is 10.1. The van der Waals surface area contributed by atoms with E-state index in [1.54, 1.807) is 0 Å². The highest BCUT2D eigenvalue weighted by Crippen LogP contribution is 2.04. The molecule has 0 fully saturated rings. The van der Waals surface area contributed by atoms with E-state index in [1.807, 2.05) is 30.3 Å². The van der Waals surface area contributed by atoms with Crippen molar-refractivity contribution in [1.29, 1.82) is 0 Å². The standard InChI is InChI=1S/C10H14BN2OP/c11-7-12-10(14)9(13-15)6-8-4-2-1-3-5-8/h1-5,9,13H,6-7,15H2,(H,12,14). The van der Waals surface area contributed by atoms with Gasteiger partial charge in [-0.3, -0.25) is 9.88 Å². The third kappa shape index (κ3) is 4.02. The van der Waals surface area contributed by atoms with Gasteiger partial charge in [0.05, 0.1) is 13.9 Å². The van der Waals surface area contributed by atoms with Crippen molar-refractivity contribution in [2.45, 2.75) is 12.5 Å². The molecule has 2 atom stereocenters. The second kappa shape index (κ2) is 6.60. The molecule has 78 valence electrons. The Hall–Kier alpha value is -0.855. The summed E-state index contributed by atoms with van der Waals surface area (Å²) in [6.45, 7) is 0. The second-order valence-corrected chi connectivity index (χ2v) is 3.49. The Balaban J connectivity index is 2.58. The summed E-state index contributed by atoms with van der Waals surface area (Å²) in [7, 11) is 7.61. The van der Waals surface area contributed by atoms with E-state index in [1.165, 1.54) is 0 Å². The zero-order chi connectivity index (χ0) is 11.1. The molecule has 2 N–H and O–H groups in total. The van der Waals surface area contributed by atoms with Gasteiger partial charge in [-0.2, -0.15) is 0 Å². The van der Waals surface area contributed by atoms with Gasteiger partial charge in [-0.05, 0) is 18.4 Å². The maximum Gasteiger partial charge on any atom is 0.237 e. The third-order valence-corrected chi connectivity index (χ3v) is 2.48. The highest BCUT2D eigenvalue weighted by Gasteiger charge is 2.15. The molecule has 2 unspecified atom stereocenters. The minimum atomic E-state index is -0.263. The maximum absolute atomic E-state index is 11.5. The molecule has 1 aromatic rings. The number of hydrogen-bond acceptors (Lipinski definition) is 2. The van der Waals surface area contributed by atoms with Gasteiger partial charge in [0.25, 0.3) is 0 Å². The van der Waals surface area contributed by atoms with Crippen LogP contribution >= 0.6 is 9.39 Å². The zero-order valence-electron chi connectivity index (χ0n) is 8.44. The van der Waals surface area contributed by atoms with Crippen molar-refractivity contribution in [2.24, 2.45) is 0 Å². The normalized spacial score (nSPS) is 12.1. The van der Waals surface area contributed by atoms with Gasteiger partial charge >= 0.3 is 0 Å². The summed E-state index contributed by atoms with van der Waals surface area (Å²) in [6.07, 6.45) is 0.812. The van der Waals surface area contributed by atoms with Gasteiger partial charge in [0.15, 0.2) is 0 Å². The highest BCUT2D eigenvalue weighted by atomic mass is 31.0. The second-order valence-electron chi connectivity index (χ2n) is 3.15. The quantitative estimate of drug-likeness (QED) is 0.550. The Labute approximate surface area is 93.7 Å². The van der Waals surface area contributed by atoms with Crippen LogP contribution in [0.4, 0.5) is 0 Å². The summed E-state index contributed by atoms with van der Waals surface area (Å²) in [5, 5.41) is 5.46. The summed E-state index contributed by atoms with van der Waals surface area (Å²) in [4.78, 5) is 11.5. The van der Waals surface area contributed by atoms with Crippen molar-refractivity contribution in [3.8, 4) is 0 Å². The van der Waals surface area contributed by atoms with Crippen LogP contribution in [0.15, 0.2) is 30.3 Å². The van der Waals surface area contributed by atoms with E-state index in [0.29, 0.717) is 6.42 Å². The predicted octanol–water partition coefficient (Wildman–Crippen LogP) is 0.220. The number of nitrogens with one attached hydrogen (secondary N) is 2. The van der Waals surface area contributed by atoms with Gasteiger partial charge in [-0.1, -0.05) is 39.7 Å². The first kappa shape index (κ1) is 12.2. The minimum Gasteiger partial charge on any atom is -0.364 e. The van der Waals surface area contributed by atoms with Crippen LogP contribution in [0.5, 0.6) is 0 Å². The molecule has 2 radical (unpaired) electrons. The Morgan fingerprint density at radius 1 is 1.40 bits per heavy atom. The van der Waals surface area contributed by atoms with Gasteiger partial charge in [0, 0.05) is 0 Å². The first-order chi connectivity index (χ1) is 7.27. The SMILES string of the molecule is [B]CNC(=O)C(Cc1ccccc1)NP. The molecule has 0 saturated heterocycles. The lowest BCUT2D eigenvalue weighted by Crippen LogP contribution is -2.42. The third-order valence-electron chi connectivity index (χ3n) is 2.08. The molecular weight excluding hydrogens is 206 g/mol. The van der Waals surface area contributed by atoms with Crippen LogP contribution in [0, 0.1) is 0 Å². The van der Waals surface area contributed by atoms with Crippen molar-refractivity contribution in [3.63, 3.8) is 0 Å². The fraction of sp³-hybridized carbons (Fsp3) is 0.300. The van der Waals surface area contributed by atoms with Crippen LogP contribution in [0.25, 0.3) is 0 Å². The fourth-order valence-electron chi connectivity index (χ4n) is 1.30. The van der Waals surface area contributed by atoms with E-state index in [-0.39, 0.29) is 18.4 Å². The number of benzene rings is 1. The molecule has 0 heterocycles. The van der Waals surface area contributed by atoms with E-state index in [2.05, 4.69) is 19.8 Å². The molecule has 0 saturated carbocycles. The molecule has 1 aromatic carbocycles. The Morgan fingerprint density at radius 3 is 2.60 bits per heavy atom. The molecule has 0 aromatic heterocycles. The van der Waals surface area contributed by atoms with E-state index in [4.69, 9.17) is 7.85 Å². The van der Waals surface area contributed by atoms with E-state index < -0.39 is 0 Å². The molecule has 0 aliphatic heterocycles. The monoisotopic (exact) mass is 220 g/mol. The fourth-order valence-corrected chi connectivity index (χ4v) is 1.57. The summed E-state index contributed by atoms with van der Waals surface area (Å²) in [5.74, 6) is -0.0867. The van der Waals surface area contributed by atoms with Crippen molar-refractivity contribution < 1.29 is 4.79 Å². The number of rotatable bonds is 5. The van der Waals surface area contributed by atoms with Crippen LogP contribution < -0.4 is 10.4 Å². The largest absolute Gasteiger partial charge is 0.364 e. The van der Waals surface area contributed by atoms with Crippen LogP contribution in [-0.2, 0) is 11.2 Å².